The normalized spacial score (nSPS) is 13.5. The molecule has 0 spiro atoms. The second-order valence-electron chi connectivity index (χ2n) is 6.19. The van der Waals surface area contributed by atoms with Crippen molar-refractivity contribution >= 4 is 5.96 Å². The number of methoxy groups -OCH3 is 1. The monoisotopic (exact) mass is 394 g/mol. The number of benzene rings is 1. The van der Waals surface area contributed by atoms with E-state index in [1.54, 1.807) is 12.1 Å². The Morgan fingerprint density at radius 2 is 2.18 bits per heavy atom. The number of nitrogens with one attached hydrogen (secondary N) is 2. The third kappa shape index (κ3) is 4.87. The van der Waals surface area contributed by atoms with Crippen LogP contribution in [-0.4, -0.2) is 41.0 Å². The van der Waals surface area contributed by atoms with Crippen LogP contribution in [0.5, 0.6) is 11.5 Å². The molecule has 0 radical (unpaired) electrons. The number of hydrogen-bond acceptors (Lipinski definition) is 5. The van der Waals surface area contributed by atoms with E-state index in [9.17, 15) is 8.78 Å². The first-order chi connectivity index (χ1) is 13.6. The highest BCUT2D eigenvalue weighted by atomic mass is 19.3. The third-order valence-electron chi connectivity index (χ3n) is 4.34. The lowest BCUT2D eigenvalue weighted by atomic mass is 10.2. The van der Waals surface area contributed by atoms with Crippen molar-refractivity contribution in [3.8, 4) is 11.5 Å². The summed E-state index contributed by atoms with van der Waals surface area (Å²) in [4.78, 5) is 4.48. The number of alkyl halides is 2. The molecule has 0 atom stereocenters. The molecule has 1 aromatic carbocycles. The smallest absolute Gasteiger partial charge is 0.387 e. The number of rotatable bonds is 8. The van der Waals surface area contributed by atoms with E-state index in [4.69, 9.17) is 4.74 Å². The molecule has 1 aliphatic heterocycles. The second kappa shape index (κ2) is 9.34. The molecule has 1 aromatic heterocycles. The lowest BCUT2D eigenvalue weighted by molar-refractivity contribution is -0.0504. The minimum atomic E-state index is -2.91. The van der Waals surface area contributed by atoms with Gasteiger partial charge in [0.2, 0.25) is 0 Å². The van der Waals surface area contributed by atoms with Crippen LogP contribution in [0.4, 0.5) is 8.78 Å². The summed E-state index contributed by atoms with van der Waals surface area (Å²) in [7, 11) is 1.51. The van der Waals surface area contributed by atoms with Gasteiger partial charge in [-0.15, -0.1) is 10.2 Å². The summed E-state index contributed by atoms with van der Waals surface area (Å²) in [5, 5.41) is 14.7. The molecular weight excluding hydrogens is 370 g/mol. The first-order valence-corrected chi connectivity index (χ1v) is 9.15. The van der Waals surface area contributed by atoms with Crippen LogP contribution < -0.4 is 20.1 Å². The Kier molecular flexibility index (Phi) is 6.62. The number of guanidine groups is 1. The van der Waals surface area contributed by atoms with E-state index < -0.39 is 6.61 Å². The topological polar surface area (TPSA) is 85.6 Å². The van der Waals surface area contributed by atoms with Crippen molar-refractivity contribution in [2.45, 2.75) is 46.0 Å². The standard InChI is InChI=1S/C18H24F2N6O2/c1-3-21-18(23-11-16-25-24-15-5-4-8-26(15)16)22-10-12-9-13(27-2)6-7-14(12)28-17(19)20/h6-7,9,17H,3-5,8,10-11H2,1-2H3,(H2,21,22,23). The summed E-state index contributed by atoms with van der Waals surface area (Å²) in [5.74, 6) is 3.02. The average molecular weight is 394 g/mol. The van der Waals surface area contributed by atoms with Crippen LogP contribution in [-0.2, 0) is 26.1 Å². The molecule has 2 N–H and O–H groups in total. The highest BCUT2D eigenvalue weighted by Crippen LogP contribution is 2.26. The summed E-state index contributed by atoms with van der Waals surface area (Å²) in [6, 6.07) is 4.66. The van der Waals surface area contributed by atoms with Crippen LogP contribution in [0.15, 0.2) is 23.2 Å². The molecule has 0 amide bonds. The number of ether oxygens (including phenoxy) is 2. The van der Waals surface area contributed by atoms with E-state index in [-0.39, 0.29) is 12.3 Å². The Hall–Kier alpha value is -2.91. The van der Waals surface area contributed by atoms with Gasteiger partial charge in [0.1, 0.15) is 17.3 Å². The van der Waals surface area contributed by atoms with Crippen molar-refractivity contribution in [2.24, 2.45) is 4.99 Å². The van der Waals surface area contributed by atoms with Gasteiger partial charge in [-0.3, -0.25) is 0 Å². The van der Waals surface area contributed by atoms with Crippen molar-refractivity contribution in [3.05, 3.63) is 35.4 Å². The number of aliphatic imine (C=N–C) groups is 1. The van der Waals surface area contributed by atoms with E-state index in [0.717, 1.165) is 31.0 Å². The molecule has 0 unspecified atom stereocenters. The summed E-state index contributed by atoms with van der Waals surface area (Å²) >= 11 is 0. The van der Waals surface area contributed by atoms with Crippen LogP contribution >= 0.6 is 0 Å². The molecule has 2 aromatic rings. The fraction of sp³-hybridized carbons (Fsp3) is 0.500. The van der Waals surface area contributed by atoms with Crippen molar-refractivity contribution in [1.29, 1.82) is 0 Å². The molecule has 0 saturated heterocycles. The third-order valence-corrected chi connectivity index (χ3v) is 4.34. The largest absolute Gasteiger partial charge is 0.497 e. The Morgan fingerprint density at radius 1 is 1.32 bits per heavy atom. The first-order valence-electron chi connectivity index (χ1n) is 9.15. The molecule has 0 bridgehead atoms. The molecular formula is C18H24F2N6O2. The minimum absolute atomic E-state index is 0.0747. The van der Waals surface area contributed by atoms with Gasteiger partial charge in [0.05, 0.1) is 20.2 Å². The molecule has 0 saturated carbocycles. The predicted molar refractivity (Wildman–Crippen MR) is 99.6 cm³/mol. The molecule has 2 heterocycles. The van der Waals surface area contributed by atoms with Crippen LogP contribution in [0, 0.1) is 0 Å². The highest BCUT2D eigenvalue weighted by Gasteiger charge is 2.17. The zero-order valence-electron chi connectivity index (χ0n) is 15.9. The quantitative estimate of drug-likeness (QED) is 0.527. The molecule has 0 fully saturated rings. The van der Waals surface area contributed by atoms with Gasteiger partial charge < -0.3 is 24.7 Å². The van der Waals surface area contributed by atoms with Crippen molar-refractivity contribution < 1.29 is 18.3 Å². The Balaban J connectivity index is 1.71. The number of hydrogen-bond donors (Lipinski definition) is 2. The lowest BCUT2D eigenvalue weighted by Gasteiger charge is -2.13. The summed E-state index contributed by atoms with van der Waals surface area (Å²) in [6.07, 6.45) is 2.03. The van der Waals surface area contributed by atoms with Gasteiger partial charge in [-0.05, 0) is 31.5 Å². The second-order valence-corrected chi connectivity index (χ2v) is 6.19. The number of fused-ring (bicyclic) bond motifs is 1. The number of aromatic nitrogens is 3. The van der Waals surface area contributed by atoms with E-state index in [1.807, 2.05) is 6.92 Å². The molecule has 28 heavy (non-hydrogen) atoms. The van der Waals surface area contributed by atoms with E-state index in [1.165, 1.54) is 13.2 Å². The maximum absolute atomic E-state index is 12.7. The zero-order chi connectivity index (χ0) is 19.9. The van der Waals surface area contributed by atoms with Crippen molar-refractivity contribution in [2.75, 3.05) is 13.7 Å². The van der Waals surface area contributed by atoms with E-state index in [2.05, 4.69) is 35.1 Å². The zero-order valence-corrected chi connectivity index (χ0v) is 15.9. The molecule has 3 rings (SSSR count). The van der Waals surface area contributed by atoms with E-state index >= 15 is 0 Å². The number of halogens is 2. The predicted octanol–water partition coefficient (Wildman–Crippen LogP) is 2.09. The van der Waals surface area contributed by atoms with Crippen LogP contribution in [0.3, 0.4) is 0 Å². The Labute approximate surface area is 162 Å². The summed E-state index contributed by atoms with van der Waals surface area (Å²) < 4.78 is 37.2. The number of aryl methyl sites for hydroxylation is 1. The van der Waals surface area contributed by atoms with Gasteiger partial charge in [0.25, 0.3) is 0 Å². The average Bonchev–Trinajstić information content (AvgIpc) is 3.28. The number of nitrogens with zero attached hydrogens (tertiary/aromatic N) is 4. The van der Waals surface area contributed by atoms with Crippen molar-refractivity contribution in [3.63, 3.8) is 0 Å². The molecule has 152 valence electrons. The van der Waals surface area contributed by atoms with Crippen LogP contribution in [0.25, 0.3) is 0 Å². The Bertz CT molecular complexity index is 824. The van der Waals surface area contributed by atoms with Crippen molar-refractivity contribution in [1.82, 2.24) is 25.4 Å². The van der Waals surface area contributed by atoms with Gasteiger partial charge in [-0.2, -0.15) is 8.78 Å². The van der Waals surface area contributed by atoms with Gasteiger partial charge >= 0.3 is 6.61 Å². The van der Waals surface area contributed by atoms with Gasteiger partial charge in [-0.1, -0.05) is 0 Å². The first kappa shape index (κ1) is 19.8. The fourth-order valence-corrected chi connectivity index (χ4v) is 3.03. The SMILES string of the molecule is CCNC(=NCc1cc(OC)ccc1OC(F)F)NCc1nnc2n1CCC2. The van der Waals surface area contributed by atoms with E-state index in [0.29, 0.717) is 30.4 Å². The summed E-state index contributed by atoms with van der Waals surface area (Å²) in [5.41, 5.74) is 0.500. The maximum Gasteiger partial charge on any atom is 0.387 e. The fourth-order valence-electron chi connectivity index (χ4n) is 3.03. The molecule has 0 aliphatic carbocycles. The van der Waals surface area contributed by atoms with Gasteiger partial charge in [-0.25, -0.2) is 4.99 Å². The van der Waals surface area contributed by atoms with Crippen LogP contribution in [0.2, 0.25) is 0 Å². The maximum atomic E-state index is 12.7. The van der Waals surface area contributed by atoms with Gasteiger partial charge in [0, 0.05) is 25.1 Å². The van der Waals surface area contributed by atoms with Crippen LogP contribution in [0.1, 0.15) is 30.6 Å². The highest BCUT2D eigenvalue weighted by molar-refractivity contribution is 5.79. The molecule has 10 heteroatoms. The Morgan fingerprint density at radius 3 is 2.93 bits per heavy atom. The minimum Gasteiger partial charge on any atom is -0.497 e. The molecule has 1 aliphatic rings. The lowest BCUT2D eigenvalue weighted by Crippen LogP contribution is -2.37. The van der Waals surface area contributed by atoms with Gasteiger partial charge in [0.15, 0.2) is 11.8 Å². The molecule has 8 nitrogen and oxygen atoms in total. The summed E-state index contributed by atoms with van der Waals surface area (Å²) in [6.45, 7) is 1.23.